The number of benzene rings is 2. The van der Waals surface area contributed by atoms with Gasteiger partial charge in [0.1, 0.15) is 5.75 Å². The third-order valence-corrected chi connectivity index (χ3v) is 5.70. The molecule has 0 aliphatic carbocycles. The van der Waals surface area contributed by atoms with Crippen LogP contribution in [0.1, 0.15) is 5.56 Å². The molecule has 158 valence electrons. The van der Waals surface area contributed by atoms with Crippen LogP contribution in [-0.2, 0) is 4.79 Å². The Kier molecular flexibility index (Phi) is 5.35. The summed E-state index contributed by atoms with van der Waals surface area (Å²) < 4.78 is 7.30. The van der Waals surface area contributed by atoms with Crippen molar-refractivity contribution in [2.75, 3.05) is 11.9 Å². The number of amides is 1. The van der Waals surface area contributed by atoms with Gasteiger partial charge in [0.2, 0.25) is 0 Å². The average Bonchev–Trinajstić information content (AvgIpc) is 3.48. The molecule has 5 aromatic rings. The average molecular weight is 442 g/mol. The summed E-state index contributed by atoms with van der Waals surface area (Å²) in [6, 6.07) is 22.9. The van der Waals surface area contributed by atoms with Gasteiger partial charge in [-0.05, 0) is 54.8 Å². The van der Waals surface area contributed by atoms with E-state index in [1.165, 1.54) is 0 Å². The summed E-state index contributed by atoms with van der Waals surface area (Å²) in [5, 5.41) is 18.1. The predicted octanol–water partition coefficient (Wildman–Crippen LogP) is 4.85. The van der Waals surface area contributed by atoms with Gasteiger partial charge in [-0.2, -0.15) is 9.61 Å². The van der Waals surface area contributed by atoms with Crippen LogP contribution >= 0.6 is 11.3 Å². The lowest BCUT2D eigenvalue weighted by Gasteiger charge is -2.09. The summed E-state index contributed by atoms with van der Waals surface area (Å²) in [6.45, 7) is 1.94. The van der Waals surface area contributed by atoms with Crippen molar-refractivity contribution in [2.24, 2.45) is 0 Å². The van der Waals surface area contributed by atoms with Gasteiger partial charge in [0.15, 0.2) is 18.1 Å². The molecule has 5 rings (SSSR count). The van der Waals surface area contributed by atoms with E-state index in [1.54, 1.807) is 15.9 Å². The van der Waals surface area contributed by atoms with Crippen LogP contribution in [0.2, 0.25) is 0 Å². The molecule has 0 spiro atoms. The maximum atomic E-state index is 12.3. The Labute approximate surface area is 188 Å². The van der Waals surface area contributed by atoms with Crippen LogP contribution in [0.4, 0.5) is 5.69 Å². The van der Waals surface area contributed by atoms with Crippen LogP contribution < -0.4 is 10.1 Å². The molecule has 0 atom stereocenters. The third-order valence-electron chi connectivity index (χ3n) is 4.84. The normalized spacial score (nSPS) is 10.9. The largest absolute Gasteiger partial charge is 0.484 e. The van der Waals surface area contributed by atoms with Gasteiger partial charge in [0.25, 0.3) is 5.91 Å². The number of thiophene rings is 1. The van der Waals surface area contributed by atoms with Gasteiger partial charge in [0, 0.05) is 11.3 Å². The van der Waals surface area contributed by atoms with Crippen molar-refractivity contribution < 1.29 is 9.53 Å². The first-order valence-electron chi connectivity index (χ1n) is 10.0. The Morgan fingerprint density at radius 2 is 1.91 bits per heavy atom. The number of fused-ring (bicyclic) bond motifs is 1. The molecular weight excluding hydrogens is 422 g/mol. The summed E-state index contributed by atoms with van der Waals surface area (Å²) in [4.78, 5) is 13.3. The predicted molar refractivity (Wildman–Crippen MR) is 125 cm³/mol. The van der Waals surface area contributed by atoms with Gasteiger partial charge in [-0.1, -0.05) is 35.9 Å². The molecule has 0 fully saturated rings. The van der Waals surface area contributed by atoms with E-state index >= 15 is 0 Å². The van der Waals surface area contributed by atoms with Crippen molar-refractivity contribution in [1.29, 1.82) is 0 Å². The minimum atomic E-state index is -0.232. The number of anilines is 1. The second-order valence-electron chi connectivity index (χ2n) is 7.22. The molecule has 0 saturated carbocycles. The zero-order valence-corrected chi connectivity index (χ0v) is 18.0. The maximum absolute atomic E-state index is 12.3. The quantitative estimate of drug-likeness (QED) is 0.408. The number of hydrogen-bond acceptors (Lipinski definition) is 6. The summed E-state index contributed by atoms with van der Waals surface area (Å²) in [5.41, 5.74) is 4.11. The standard InChI is InChI=1S/C24H19N5O2S/c1-16-7-9-19(10-8-16)31-15-23(30)25-18-5-2-4-17(14-18)20-11-12-22-26-27-24(29(22)28-20)21-6-3-13-32-21/h2-14H,15H2,1H3,(H,25,30). The lowest BCUT2D eigenvalue weighted by molar-refractivity contribution is -0.118. The molecule has 32 heavy (non-hydrogen) atoms. The van der Waals surface area contributed by atoms with Gasteiger partial charge >= 0.3 is 0 Å². The number of carbonyl (C=O) groups is 1. The summed E-state index contributed by atoms with van der Waals surface area (Å²) in [6.07, 6.45) is 0. The number of rotatable bonds is 6. The van der Waals surface area contributed by atoms with Crippen LogP contribution in [0, 0.1) is 6.92 Å². The van der Waals surface area contributed by atoms with Crippen LogP contribution in [-0.4, -0.2) is 32.3 Å². The number of hydrogen-bond donors (Lipinski definition) is 1. The summed E-state index contributed by atoms with van der Waals surface area (Å²) in [7, 11) is 0. The van der Waals surface area contributed by atoms with E-state index in [4.69, 9.17) is 9.84 Å². The molecule has 0 bridgehead atoms. The van der Waals surface area contributed by atoms with E-state index in [0.29, 0.717) is 22.9 Å². The number of nitrogens with one attached hydrogen (secondary N) is 1. The molecule has 0 radical (unpaired) electrons. The Hall–Kier alpha value is -4.04. The minimum absolute atomic E-state index is 0.0671. The molecular formula is C24H19N5O2S. The molecule has 1 N–H and O–H groups in total. The Balaban J connectivity index is 1.33. The number of carbonyl (C=O) groups excluding carboxylic acids is 1. The fourth-order valence-corrected chi connectivity index (χ4v) is 3.93. The van der Waals surface area contributed by atoms with Crippen molar-refractivity contribution in [2.45, 2.75) is 6.92 Å². The molecule has 8 heteroatoms. The Bertz CT molecular complexity index is 1380. The van der Waals surface area contributed by atoms with Gasteiger partial charge in [0.05, 0.1) is 10.6 Å². The number of aromatic nitrogens is 4. The molecule has 1 amide bonds. The maximum Gasteiger partial charge on any atom is 0.262 e. The topological polar surface area (TPSA) is 81.4 Å². The smallest absolute Gasteiger partial charge is 0.262 e. The molecule has 0 aliphatic rings. The van der Waals surface area contributed by atoms with Crippen molar-refractivity contribution in [3.63, 3.8) is 0 Å². The highest BCUT2D eigenvalue weighted by Gasteiger charge is 2.12. The lowest BCUT2D eigenvalue weighted by Crippen LogP contribution is -2.20. The minimum Gasteiger partial charge on any atom is -0.484 e. The SMILES string of the molecule is Cc1ccc(OCC(=O)Nc2cccc(-c3ccc4nnc(-c5cccs5)n4n3)c2)cc1. The van der Waals surface area contributed by atoms with Crippen molar-refractivity contribution in [3.05, 3.63) is 83.7 Å². The fourth-order valence-electron chi connectivity index (χ4n) is 3.24. The van der Waals surface area contributed by atoms with E-state index in [1.807, 2.05) is 85.1 Å². The molecule has 0 aliphatic heterocycles. The van der Waals surface area contributed by atoms with E-state index in [0.717, 1.165) is 21.7 Å². The first-order valence-corrected chi connectivity index (χ1v) is 10.9. The van der Waals surface area contributed by atoms with Gasteiger partial charge in [-0.25, -0.2) is 0 Å². The number of nitrogens with zero attached hydrogens (tertiary/aromatic N) is 4. The first kappa shape index (κ1) is 19.9. The molecule has 2 aromatic carbocycles. The Morgan fingerprint density at radius 3 is 2.72 bits per heavy atom. The highest BCUT2D eigenvalue weighted by Crippen LogP contribution is 2.25. The highest BCUT2D eigenvalue weighted by molar-refractivity contribution is 7.13. The van der Waals surface area contributed by atoms with Gasteiger partial charge in [-0.3, -0.25) is 4.79 Å². The van der Waals surface area contributed by atoms with Gasteiger partial charge < -0.3 is 10.1 Å². The monoisotopic (exact) mass is 441 g/mol. The third kappa shape index (κ3) is 4.21. The number of ether oxygens (including phenoxy) is 1. The zero-order chi connectivity index (χ0) is 21.9. The van der Waals surface area contributed by atoms with Crippen molar-refractivity contribution in [1.82, 2.24) is 19.8 Å². The molecule has 3 heterocycles. The van der Waals surface area contributed by atoms with Crippen LogP contribution in [0.25, 0.3) is 27.6 Å². The van der Waals surface area contributed by atoms with Crippen molar-refractivity contribution in [3.8, 4) is 27.7 Å². The summed E-state index contributed by atoms with van der Waals surface area (Å²) in [5.74, 6) is 1.13. The van der Waals surface area contributed by atoms with E-state index in [9.17, 15) is 4.79 Å². The van der Waals surface area contributed by atoms with E-state index in [2.05, 4.69) is 15.5 Å². The van der Waals surface area contributed by atoms with E-state index < -0.39 is 0 Å². The first-order chi connectivity index (χ1) is 15.7. The van der Waals surface area contributed by atoms with Crippen LogP contribution in [0.5, 0.6) is 5.75 Å². The second-order valence-corrected chi connectivity index (χ2v) is 8.17. The second kappa shape index (κ2) is 8.60. The number of aryl methyl sites for hydroxylation is 1. The Morgan fingerprint density at radius 1 is 1.03 bits per heavy atom. The van der Waals surface area contributed by atoms with Crippen LogP contribution in [0.3, 0.4) is 0 Å². The molecule has 7 nitrogen and oxygen atoms in total. The highest BCUT2D eigenvalue weighted by atomic mass is 32.1. The lowest BCUT2D eigenvalue weighted by atomic mass is 10.1. The molecule has 3 aromatic heterocycles. The van der Waals surface area contributed by atoms with Gasteiger partial charge in [-0.15, -0.1) is 21.5 Å². The summed E-state index contributed by atoms with van der Waals surface area (Å²) >= 11 is 1.59. The van der Waals surface area contributed by atoms with E-state index in [-0.39, 0.29) is 12.5 Å². The molecule has 0 unspecified atom stereocenters. The molecule has 0 saturated heterocycles. The van der Waals surface area contributed by atoms with Crippen molar-refractivity contribution >= 4 is 28.6 Å². The fraction of sp³-hybridized carbons (Fsp3) is 0.0833. The van der Waals surface area contributed by atoms with Crippen LogP contribution in [0.15, 0.2) is 78.2 Å². The zero-order valence-electron chi connectivity index (χ0n) is 17.2.